The Morgan fingerprint density at radius 1 is 1.32 bits per heavy atom. The zero-order valence-corrected chi connectivity index (χ0v) is 12.3. The summed E-state index contributed by atoms with van der Waals surface area (Å²) in [5, 5.41) is 2.58. The molecular weight excluding hydrogens is 284 g/mol. The topological polar surface area (TPSA) is 110 Å². The number of benzene rings is 1. The molecule has 7 nitrogen and oxygen atoms in total. The first-order valence-electron chi connectivity index (χ1n) is 7.12. The van der Waals surface area contributed by atoms with Crippen LogP contribution in [0.25, 0.3) is 11.4 Å². The zero-order chi connectivity index (χ0) is 15.9. The first kappa shape index (κ1) is 15.7. The molecule has 0 fully saturated rings. The van der Waals surface area contributed by atoms with Gasteiger partial charge in [-0.3, -0.25) is 4.79 Å². The minimum atomic E-state index is -0.668. The largest absolute Gasteiger partial charge is 0.493 e. The quantitative estimate of drug-likeness (QED) is 0.603. The van der Waals surface area contributed by atoms with Gasteiger partial charge in [-0.05, 0) is 23.7 Å². The van der Waals surface area contributed by atoms with Gasteiger partial charge in [-0.1, -0.05) is 31.9 Å². The second-order valence-electron chi connectivity index (χ2n) is 4.79. The molecule has 0 radical (unpaired) electrons. The van der Waals surface area contributed by atoms with Crippen molar-refractivity contribution in [1.82, 2.24) is 9.97 Å². The third-order valence-corrected chi connectivity index (χ3v) is 3.16. The summed E-state index contributed by atoms with van der Waals surface area (Å²) in [6.45, 7) is 2.70. The van der Waals surface area contributed by atoms with Gasteiger partial charge in [-0.25, -0.2) is 4.98 Å². The van der Waals surface area contributed by atoms with Crippen LogP contribution in [0.3, 0.4) is 0 Å². The Morgan fingerprint density at radius 2 is 2.09 bits per heavy atom. The summed E-state index contributed by atoms with van der Waals surface area (Å²) < 4.78 is 5.74. The molecule has 1 aromatic heterocycles. The highest BCUT2D eigenvalue weighted by Gasteiger charge is 2.13. The molecule has 3 N–H and O–H groups in total. The molecule has 0 saturated carbocycles. The minimum Gasteiger partial charge on any atom is -0.493 e. The minimum absolute atomic E-state index is 0.200. The lowest BCUT2D eigenvalue weighted by molar-refractivity contribution is 0.307. The Labute approximate surface area is 127 Å². The van der Waals surface area contributed by atoms with E-state index in [1.54, 1.807) is 18.2 Å². The molecule has 0 unspecified atom stereocenters. The summed E-state index contributed by atoms with van der Waals surface area (Å²) in [7, 11) is 0. The van der Waals surface area contributed by atoms with Crippen molar-refractivity contribution in [3.05, 3.63) is 39.5 Å². The lowest BCUT2D eigenvalue weighted by Gasteiger charge is -2.11. The maximum absolute atomic E-state index is 11.8. The Balaban J connectivity index is 2.33. The standard InChI is InChI=1S/C15H18N4O3/c1-2-3-6-9-22-11-8-5-4-7-10(11)14-17-13(16)12(19-21)15(20)18-14/h4-5,7-8H,2-3,6,9H2,1H3,(H3,16,17,18,20). The van der Waals surface area contributed by atoms with Crippen molar-refractivity contribution < 1.29 is 4.74 Å². The summed E-state index contributed by atoms with van der Waals surface area (Å²) in [5.41, 5.74) is 5.13. The Hall–Kier alpha value is -2.70. The van der Waals surface area contributed by atoms with Gasteiger partial charge < -0.3 is 15.5 Å². The fraction of sp³-hybridized carbons (Fsp3) is 0.333. The molecule has 0 spiro atoms. The first-order valence-corrected chi connectivity index (χ1v) is 7.12. The third kappa shape index (κ3) is 3.49. The number of unbranched alkanes of at least 4 members (excludes halogenated alkanes) is 2. The summed E-state index contributed by atoms with van der Waals surface area (Å²) >= 11 is 0. The number of nitrogens with one attached hydrogen (secondary N) is 1. The van der Waals surface area contributed by atoms with Crippen LogP contribution in [-0.4, -0.2) is 16.6 Å². The number of ether oxygens (including phenoxy) is 1. The maximum Gasteiger partial charge on any atom is 0.282 e. The second kappa shape index (κ2) is 7.35. The number of H-pyrrole nitrogens is 1. The number of hydrogen-bond acceptors (Lipinski definition) is 6. The van der Waals surface area contributed by atoms with E-state index in [0.29, 0.717) is 17.9 Å². The van der Waals surface area contributed by atoms with E-state index in [1.807, 2.05) is 6.07 Å². The van der Waals surface area contributed by atoms with E-state index in [9.17, 15) is 9.70 Å². The molecule has 0 aliphatic heterocycles. The van der Waals surface area contributed by atoms with Gasteiger partial charge in [0.25, 0.3) is 5.56 Å². The highest BCUT2D eigenvalue weighted by molar-refractivity contribution is 5.67. The number of para-hydroxylation sites is 1. The summed E-state index contributed by atoms with van der Waals surface area (Å²) in [5.74, 6) is 0.656. The number of aromatic nitrogens is 2. The normalized spacial score (nSPS) is 10.4. The average molecular weight is 302 g/mol. The van der Waals surface area contributed by atoms with E-state index < -0.39 is 11.2 Å². The van der Waals surface area contributed by atoms with Crippen molar-refractivity contribution in [3.8, 4) is 17.1 Å². The molecular formula is C15H18N4O3. The molecule has 116 valence electrons. The Bertz CT molecular complexity index is 712. The molecule has 0 amide bonds. The molecule has 0 atom stereocenters. The van der Waals surface area contributed by atoms with Gasteiger partial charge in [0.1, 0.15) is 11.6 Å². The summed E-state index contributed by atoms with van der Waals surface area (Å²) in [6, 6.07) is 7.20. The fourth-order valence-corrected chi connectivity index (χ4v) is 2.02. The van der Waals surface area contributed by atoms with Gasteiger partial charge in [0.05, 0.1) is 12.2 Å². The molecule has 0 saturated heterocycles. The van der Waals surface area contributed by atoms with E-state index >= 15 is 0 Å². The molecule has 22 heavy (non-hydrogen) atoms. The van der Waals surface area contributed by atoms with Gasteiger partial charge in [0.2, 0.25) is 5.69 Å². The molecule has 0 aliphatic carbocycles. The molecule has 0 aliphatic rings. The van der Waals surface area contributed by atoms with Crippen molar-refractivity contribution in [3.63, 3.8) is 0 Å². The predicted molar refractivity (Wildman–Crippen MR) is 85.2 cm³/mol. The van der Waals surface area contributed by atoms with Crippen molar-refractivity contribution in [2.45, 2.75) is 26.2 Å². The lowest BCUT2D eigenvalue weighted by atomic mass is 10.2. The van der Waals surface area contributed by atoms with Crippen molar-refractivity contribution in [2.24, 2.45) is 5.18 Å². The Morgan fingerprint density at radius 3 is 2.77 bits per heavy atom. The Kier molecular flexibility index (Phi) is 5.24. The van der Waals surface area contributed by atoms with Crippen molar-refractivity contribution in [2.75, 3.05) is 12.3 Å². The predicted octanol–water partition coefficient (Wildman–Crippen LogP) is 2.99. The van der Waals surface area contributed by atoms with Crippen LogP contribution in [0.15, 0.2) is 34.2 Å². The van der Waals surface area contributed by atoms with Crippen LogP contribution in [0.5, 0.6) is 5.75 Å². The molecule has 0 bridgehead atoms. The summed E-state index contributed by atoms with van der Waals surface area (Å²) in [6.07, 6.45) is 3.14. The van der Waals surface area contributed by atoms with E-state index in [1.165, 1.54) is 0 Å². The van der Waals surface area contributed by atoms with Crippen molar-refractivity contribution >= 4 is 11.5 Å². The van der Waals surface area contributed by atoms with Crippen LogP contribution in [0.1, 0.15) is 26.2 Å². The highest BCUT2D eigenvalue weighted by Crippen LogP contribution is 2.28. The van der Waals surface area contributed by atoms with Gasteiger partial charge in [-0.15, -0.1) is 4.91 Å². The zero-order valence-electron chi connectivity index (χ0n) is 12.3. The molecule has 2 rings (SSSR count). The smallest absolute Gasteiger partial charge is 0.282 e. The monoisotopic (exact) mass is 302 g/mol. The van der Waals surface area contributed by atoms with Gasteiger partial charge in [-0.2, -0.15) is 0 Å². The number of nitrogens with zero attached hydrogens (tertiary/aromatic N) is 2. The second-order valence-corrected chi connectivity index (χ2v) is 4.79. The van der Waals surface area contributed by atoms with Crippen LogP contribution < -0.4 is 16.0 Å². The number of nitroso groups, excluding NO2 is 1. The van der Waals surface area contributed by atoms with E-state index in [-0.39, 0.29) is 11.6 Å². The first-order chi connectivity index (χ1) is 10.7. The van der Waals surface area contributed by atoms with Crippen molar-refractivity contribution in [1.29, 1.82) is 0 Å². The molecule has 1 aromatic carbocycles. The fourth-order valence-electron chi connectivity index (χ4n) is 2.02. The van der Waals surface area contributed by atoms with Gasteiger partial charge in [0, 0.05) is 0 Å². The van der Waals surface area contributed by atoms with Crippen LogP contribution in [0.2, 0.25) is 0 Å². The molecule has 2 aromatic rings. The SMILES string of the molecule is CCCCCOc1ccccc1-c1nc(N)c(N=O)c(=O)[nH]1. The number of nitrogen functional groups attached to an aromatic ring is 1. The third-order valence-electron chi connectivity index (χ3n) is 3.16. The van der Waals surface area contributed by atoms with E-state index in [2.05, 4.69) is 22.1 Å². The lowest BCUT2D eigenvalue weighted by Crippen LogP contribution is -2.12. The van der Waals surface area contributed by atoms with Crippen LogP contribution in [0, 0.1) is 4.91 Å². The van der Waals surface area contributed by atoms with Gasteiger partial charge in [0.15, 0.2) is 5.82 Å². The molecule has 1 heterocycles. The summed E-state index contributed by atoms with van der Waals surface area (Å²) in [4.78, 5) is 28.9. The van der Waals surface area contributed by atoms with Gasteiger partial charge >= 0.3 is 0 Å². The maximum atomic E-state index is 11.8. The van der Waals surface area contributed by atoms with Crippen LogP contribution >= 0.6 is 0 Å². The highest BCUT2D eigenvalue weighted by atomic mass is 16.5. The number of anilines is 1. The van der Waals surface area contributed by atoms with Crippen LogP contribution in [-0.2, 0) is 0 Å². The number of aromatic amines is 1. The van der Waals surface area contributed by atoms with E-state index in [0.717, 1.165) is 19.3 Å². The average Bonchev–Trinajstić information content (AvgIpc) is 2.51. The number of rotatable bonds is 7. The number of nitrogens with two attached hydrogens (primary N) is 1. The van der Waals surface area contributed by atoms with E-state index in [4.69, 9.17) is 10.5 Å². The van der Waals surface area contributed by atoms with Crippen LogP contribution in [0.4, 0.5) is 11.5 Å². The number of hydrogen-bond donors (Lipinski definition) is 2. The molecule has 7 heteroatoms.